The summed E-state index contributed by atoms with van der Waals surface area (Å²) in [5.74, 6) is -0.788. The number of rotatable bonds is 3. The maximum Gasteiger partial charge on any atom is 0.356 e. The van der Waals surface area contributed by atoms with Gasteiger partial charge in [0.05, 0.1) is 12.4 Å². The Morgan fingerprint density at radius 1 is 1.23 bits per heavy atom. The molecule has 6 heteroatoms. The number of hydrogen-bond donors (Lipinski definition) is 2. The zero-order chi connectivity index (χ0) is 16.1. The van der Waals surface area contributed by atoms with Gasteiger partial charge in [0.25, 0.3) is 5.91 Å². The van der Waals surface area contributed by atoms with Crippen molar-refractivity contribution in [3.8, 4) is 0 Å². The van der Waals surface area contributed by atoms with Crippen molar-refractivity contribution >= 4 is 11.9 Å². The molecule has 1 aromatic heterocycles. The van der Waals surface area contributed by atoms with Gasteiger partial charge in [-0.25, -0.2) is 14.8 Å². The molecular weight excluding hydrogens is 282 g/mol. The van der Waals surface area contributed by atoms with Gasteiger partial charge in [-0.05, 0) is 36.0 Å². The van der Waals surface area contributed by atoms with Gasteiger partial charge in [0, 0.05) is 6.04 Å². The van der Waals surface area contributed by atoms with Crippen LogP contribution in [0.3, 0.4) is 0 Å². The lowest BCUT2D eigenvalue weighted by Crippen LogP contribution is -2.47. The number of carboxylic acid groups (broad SMARTS) is 1. The molecule has 2 aliphatic carbocycles. The minimum absolute atomic E-state index is 0.0990. The van der Waals surface area contributed by atoms with Crippen LogP contribution < -0.4 is 5.32 Å². The van der Waals surface area contributed by atoms with Crippen molar-refractivity contribution in [2.45, 2.75) is 46.1 Å². The molecule has 6 nitrogen and oxygen atoms in total. The molecule has 2 aliphatic rings. The van der Waals surface area contributed by atoms with Crippen LogP contribution in [0.4, 0.5) is 0 Å². The Balaban J connectivity index is 1.74. The number of aromatic carboxylic acids is 1. The summed E-state index contributed by atoms with van der Waals surface area (Å²) < 4.78 is 0. The van der Waals surface area contributed by atoms with E-state index in [4.69, 9.17) is 5.11 Å². The average molecular weight is 303 g/mol. The Kier molecular flexibility index (Phi) is 3.23. The van der Waals surface area contributed by atoms with Gasteiger partial charge in [-0.3, -0.25) is 4.79 Å². The van der Waals surface area contributed by atoms with Crippen LogP contribution in [-0.2, 0) is 0 Å². The molecule has 0 aromatic carbocycles. The smallest absolute Gasteiger partial charge is 0.356 e. The van der Waals surface area contributed by atoms with Crippen LogP contribution in [0.25, 0.3) is 0 Å². The summed E-state index contributed by atoms with van der Waals surface area (Å²) in [5.41, 5.74) is 0.324. The molecule has 0 aliphatic heterocycles. The minimum Gasteiger partial charge on any atom is -0.476 e. The number of carbonyl (C=O) groups is 2. The van der Waals surface area contributed by atoms with Gasteiger partial charge in [-0.15, -0.1) is 0 Å². The highest BCUT2D eigenvalue weighted by molar-refractivity contribution is 5.93. The third-order valence-electron chi connectivity index (χ3n) is 6.20. The van der Waals surface area contributed by atoms with Crippen molar-refractivity contribution in [1.29, 1.82) is 0 Å². The number of amides is 1. The Bertz CT molecular complexity index is 626. The molecule has 0 radical (unpaired) electrons. The molecule has 2 N–H and O–H groups in total. The van der Waals surface area contributed by atoms with E-state index < -0.39 is 5.97 Å². The van der Waals surface area contributed by atoms with E-state index in [0.717, 1.165) is 19.0 Å². The zero-order valence-electron chi connectivity index (χ0n) is 13.1. The van der Waals surface area contributed by atoms with E-state index in [0.29, 0.717) is 5.92 Å². The summed E-state index contributed by atoms with van der Waals surface area (Å²) in [7, 11) is 0. The van der Waals surface area contributed by atoms with Crippen LogP contribution in [0.5, 0.6) is 0 Å². The van der Waals surface area contributed by atoms with Crippen molar-refractivity contribution in [2.75, 3.05) is 0 Å². The van der Waals surface area contributed by atoms with E-state index in [9.17, 15) is 9.59 Å². The zero-order valence-corrected chi connectivity index (χ0v) is 13.1. The van der Waals surface area contributed by atoms with Crippen molar-refractivity contribution in [3.05, 3.63) is 23.8 Å². The Morgan fingerprint density at radius 2 is 1.86 bits per heavy atom. The summed E-state index contributed by atoms with van der Waals surface area (Å²) >= 11 is 0. The molecule has 1 aromatic rings. The van der Waals surface area contributed by atoms with Crippen LogP contribution in [0.15, 0.2) is 12.4 Å². The molecule has 0 saturated heterocycles. The highest BCUT2D eigenvalue weighted by atomic mass is 16.4. The number of fused-ring (bicyclic) bond motifs is 2. The van der Waals surface area contributed by atoms with Gasteiger partial charge in [-0.1, -0.05) is 20.8 Å². The number of carboxylic acids is 1. The van der Waals surface area contributed by atoms with Gasteiger partial charge in [-0.2, -0.15) is 0 Å². The number of nitrogens with zero attached hydrogens (tertiary/aromatic N) is 2. The summed E-state index contributed by atoms with van der Waals surface area (Å²) in [6.45, 7) is 6.83. The van der Waals surface area contributed by atoms with Gasteiger partial charge in [0.15, 0.2) is 5.69 Å². The van der Waals surface area contributed by atoms with E-state index in [-0.39, 0.29) is 34.2 Å². The Labute approximate surface area is 129 Å². The Morgan fingerprint density at radius 3 is 2.32 bits per heavy atom. The number of carbonyl (C=O) groups excluding carboxylic acids is 1. The molecule has 22 heavy (non-hydrogen) atoms. The summed E-state index contributed by atoms with van der Waals surface area (Å²) in [5, 5.41) is 11.9. The first-order valence-corrected chi connectivity index (χ1v) is 7.62. The fourth-order valence-corrected chi connectivity index (χ4v) is 4.21. The van der Waals surface area contributed by atoms with Gasteiger partial charge >= 0.3 is 5.97 Å². The predicted molar refractivity (Wildman–Crippen MR) is 79.5 cm³/mol. The monoisotopic (exact) mass is 303 g/mol. The highest BCUT2D eigenvalue weighted by Gasteiger charge is 2.61. The van der Waals surface area contributed by atoms with E-state index in [1.807, 2.05) is 0 Å². The SMILES string of the molecule is CC1(C)C2CCC1(C)C(NC(=O)c1cnc(C(=O)O)cn1)C2. The molecule has 2 bridgehead atoms. The first kappa shape index (κ1) is 14.9. The summed E-state index contributed by atoms with van der Waals surface area (Å²) in [4.78, 5) is 30.8. The first-order chi connectivity index (χ1) is 10.3. The van der Waals surface area contributed by atoms with Crippen LogP contribution in [0.2, 0.25) is 0 Å². The van der Waals surface area contributed by atoms with E-state index >= 15 is 0 Å². The molecular formula is C16H21N3O3. The first-order valence-electron chi connectivity index (χ1n) is 7.62. The molecule has 2 saturated carbocycles. The van der Waals surface area contributed by atoms with Gasteiger partial charge in [0.2, 0.25) is 0 Å². The van der Waals surface area contributed by atoms with E-state index in [2.05, 4.69) is 36.1 Å². The second kappa shape index (κ2) is 4.76. The number of hydrogen-bond acceptors (Lipinski definition) is 4. The van der Waals surface area contributed by atoms with Crippen molar-refractivity contribution in [1.82, 2.24) is 15.3 Å². The van der Waals surface area contributed by atoms with Crippen LogP contribution in [0.1, 0.15) is 61.0 Å². The number of nitrogens with one attached hydrogen (secondary N) is 1. The van der Waals surface area contributed by atoms with Crippen molar-refractivity contribution in [3.63, 3.8) is 0 Å². The standard InChI is InChI=1S/C16H21N3O3/c1-15(2)9-4-5-16(15,3)12(6-9)19-13(20)10-7-18-11(8-17-10)14(21)22/h7-9,12H,4-6H2,1-3H3,(H,19,20)(H,21,22). The Hall–Kier alpha value is -1.98. The molecule has 3 atom stereocenters. The van der Waals surface area contributed by atoms with Crippen molar-refractivity contribution in [2.24, 2.45) is 16.7 Å². The second-order valence-corrected chi connectivity index (χ2v) is 7.23. The average Bonchev–Trinajstić information content (AvgIpc) is 2.80. The number of aromatic nitrogens is 2. The fraction of sp³-hybridized carbons (Fsp3) is 0.625. The minimum atomic E-state index is -1.15. The maximum atomic E-state index is 12.4. The largest absolute Gasteiger partial charge is 0.476 e. The normalized spacial score (nSPS) is 32.0. The molecule has 3 rings (SSSR count). The molecule has 1 heterocycles. The maximum absolute atomic E-state index is 12.4. The van der Waals surface area contributed by atoms with Crippen molar-refractivity contribution < 1.29 is 14.7 Å². The molecule has 0 spiro atoms. The topological polar surface area (TPSA) is 92.2 Å². The highest BCUT2D eigenvalue weighted by Crippen LogP contribution is 2.65. The van der Waals surface area contributed by atoms with E-state index in [1.54, 1.807) is 0 Å². The molecule has 118 valence electrons. The van der Waals surface area contributed by atoms with Crippen LogP contribution >= 0.6 is 0 Å². The van der Waals surface area contributed by atoms with Crippen LogP contribution in [0, 0.1) is 16.7 Å². The molecule has 2 fully saturated rings. The van der Waals surface area contributed by atoms with Crippen LogP contribution in [-0.4, -0.2) is 33.0 Å². The van der Waals surface area contributed by atoms with Gasteiger partial charge in [0.1, 0.15) is 5.69 Å². The van der Waals surface area contributed by atoms with Gasteiger partial charge < -0.3 is 10.4 Å². The lowest BCUT2D eigenvalue weighted by atomic mass is 9.69. The summed E-state index contributed by atoms with van der Waals surface area (Å²) in [6, 6.07) is 0.134. The van der Waals surface area contributed by atoms with E-state index in [1.165, 1.54) is 12.6 Å². The summed E-state index contributed by atoms with van der Waals surface area (Å²) in [6.07, 6.45) is 5.68. The third-order valence-corrected chi connectivity index (χ3v) is 6.20. The second-order valence-electron chi connectivity index (χ2n) is 7.23. The lowest BCUT2D eigenvalue weighted by molar-refractivity contribution is 0.0688. The third kappa shape index (κ3) is 2.01. The predicted octanol–water partition coefficient (Wildman–Crippen LogP) is 2.12. The quantitative estimate of drug-likeness (QED) is 0.892. The lowest BCUT2D eigenvalue weighted by Gasteiger charge is -2.39. The molecule has 3 unspecified atom stereocenters. The molecule has 1 amide bonds. The fourth-order valence-electron chi connectivity index (χ4n) is 4.21.